The number of rotatable bonds is 0. The molecule has 0 atom stereocenters. The van der Waals surface area contributed by atoms with Gasteiger partial charge in [0.15, 0.2) is 0 Å². The zero-order valence-corrected chi connectivity index (χ0v) is 16.2. The lowest BCUT2D eigenvalue weighted by molar-refractivity contribution is 0.663. The molecule has 0 aliphatic carbocycles. The third kappa shape index (κ3) is 1.78. The van der Waals surface area contributed by atoms with E-state index in [-0.39, 0.29) is 0 Å². The number of furan rings is 2. The average Bonchev–Trinajstić information content (AvgIpc) is 3.53. The van der Waals surface area contributed by atoms with E-state index in [4.69, 9.17) is 8.83 Å². The normalized spacial score (nSPS) is 12.5. The smallest absolute Gasteiger partial charge is 0.146 e. The Hall–Kier alpha value is -4.38. The molecule has 0 aliphatic heterocycles. The Kier molecular flexibility index (Phi) is 2.60. The van der Waals surface area contributed by atoms with Crippen molar-refractivity contribution in [2.24, 2.45) is 0 Å². The van der Waals surface area contributed by atoms with E-state index in [1.54, 1.807) is 0 Å². The maximum absolute atomic E-state index is 6.35. The summed E-state index contributed by atoms with van der Waals surface area (Å²) < 4.78 is 14.6. The first-order chi connectivity index (χ1) is 15.4. The lowest BCUT2D eigenvalue weighted by Gasteiger charge is -2.09. The summed E-state index contributed by atoms with van der Waals surface area (Å²) in [5.74, 6) is 0. The molecule has 31 heavy (non-hydrogen) atoms. The molecule has 5 aromatic heterocycles. The third-order valence-electron chi connectivity index (χ3n) is 6.35. The number of imidazole rings is 1. The molecule has 0 bridgehead atoms. The summed E-state index contributed by atoms with van der Waals surface area (Å²) in [6, 6.07) is 18.4. The molecule has 5 heteroatoms. The molecule has 3 aromatic carbocycles. The first-order valence-electron chi connectivity index (χ1n) is 10.2. The van der Waals surface area contributed by atoms with Gasteiger partial charge < -0.3 is 8.83 Å². The summed E-state index contributed by atoms with van der Waals surface area (Å²) >= 11 is 0. The van der Waals surface area contributed by atoms with Gasteiger partial charge in [0.2, 0.25) is 0 Å². The molecule has 0 N–H and O–H groups in total. The van der Waals surface area contributed by atoms with Crippen molar-refractivity contribution in [2.75, 3.05) is 0 Å². The third-order valence-corrected chi connectivity index (χ3v) is 6.35. The van der Waals surface area contributed by atoms with Gasteiger partial charge in [-0.2, -0.15) is 0 Å². The molecule has 0 fully saturated rings. The second kappa shape index (κ2) is 5.21. The Morgan fingerprint density at radius 1 is 0.613 bits per heavy atom. The highest BCUT2D eigenvalue weighted by atomic mass is 16.3. The number of fused-ring (bicyclic) bond motifs is 14. The molecule has 0 amide bonds. The summed E-state index contributed by atoms with van der Waals surface area (Å²) in [5.41, 5.74) is 5.45. The van der Waals surface area contributed by atoms with E-state index in [1.165, 1.54) is 0 Å². The predicted molar refractivity (Wildman–Crippen MR) is 123 cm³/mol. The molecule has 0 aliphatic rings. The molecular formula is C26H13N3O2. The molecular weight excluding hydrogens is 386 g/mol. The Morgan fingerprint density at radius 3 is 2.32 bits per heavy atom. The van der Waals surface area contributed by atoms with Crippen LogP contribution < -0.4 is 0 Å². The average molecular weight is 399 g/mol. The molecule has 0 radical (unpaired) electrons. The number of para-hydroxylation sites is 1. The summed E-state index contributed by atoms with van der Waals surface area (Å²) in [6.07, 6.45) is 7.56. The fraction of sp³-hybridized carbons (Fsp3) is 0. The van der Waals surface area contributed by atoms with Gasteiger partial charge in [-0.05, 0) is 41.8 Å². The van der Waals surface area contributed by atoms with Crippen LogP contribution in [0.5, 0.6) is 0 Å². The van der Waals surface area contributed by atoms with Gasteiger partial charge in [0, 0.05) is 57.1 Å². The van der Waals surface area contributed by atoms with Gasteiger partial charge in [0.05, 0.1) is 5.52 Å². The summed E-state index contributed by atoms with van der Waals surface area (Å²) in [6.45, 7) is 0. The van der Waals surface area contributed by atoms with Crippen molar-refractivity contribution in [1.29, 1.82) is 0 Å². The van der Waals surface area contributed by atoms with Crippen LogP contribution in [0.25, 0.3) is 71.2 Å². The summed E-state index contributed by atoms with van der Waals surface area (Å²) in [5, 5.41) is 7.63. The largest absolute Gasteiger partial charge is 0.456 e. The van der Waals surface area contributed by atoms with E-state index in [2.05, 4.69) is 38.6 Å². The first kappa shape index (κ1) is 15.5. The summed E-state index contributed by atoms with van der Waals surface area (Å²) in [4.78, 5) is 8.96. The molecule has 5 nitrogen and oxygen atoms in total. The standard InChI is InChI=1S/C26H13N3O2/c1-2-4-18-15(3-1)23-19(30-18)7-8-21-25(23)24-20(31-21)6-5-17-22(24)14-9-10-27-13-16(14)26-28-11-12-29(17)26/h1-13H. The van der Waals surface area contributed by atoms with Crippen molar-refractivity contribution in [2.45, 2.75) is 0 Å². The van der Waals surface area contributed by atoms with Crippen LogP contribution in [0.3, 0.4) is 0 Å². The quantitative estimate of drug-likeness (QED) is 0.262. The molecule has 8 aromatic rings. The number of benzene rings is 3. The van der Waals surface area contributed by atoms with Gasteiger partial charge in [-0.15, -0.1) is 0 Å². The fourth-order valence-corrected chi connectivity index (χ4v) is 5.12. The number of hydrogen-bond donors (Lipinski definition) is 0. The van der Waals surface area contributed by atoms with Crippen molar-refractivity contribution < 1.29 is 8.83 Å². The number of aromatic nitrogens is 3. The van der Waals surface area contributed by atoms with Crippen molar-refractivity contribution in [3.05, 3.63) is 79.4 Å². The Bertz CT molecular complexity index is 2010. The predicted octanol–water partition coefficient (Wildman–Crippen LogP) is 6.83. The van der Waals surface area contributed by atoms with Gasteiger partial charge in [-0.1, -0.05) is 18.2 Å². The van der Waals surface area contributed by atoms with Crippen LogP contribution in [0.4, 0.5) is 0 Å². The highest BCUT2D eigenvalue weighted by Crippen LogP contribution is 2.44. The number of hydrogen-bond acceptors (Lipinski definition) is 4. The van der Waals surface area contributed by atoms with Crippen LogP contribution >= 0.6 is 0 Å². The second-order valence-corrected chi connectivity index (χ2v) is 7.89. The lowest BCUT2D eigenvalue weighted by atomic mass is 9.99. The van der Waals surface area contributed by atoms with E-state index < -0.39 is 0 Å². The molecule has 8 rings (SSSR count). The van der Waals surface area contributed by atoms with E-state index in [0.29, 0.717) is 0 Å². The minimum atomic E-state index is 0.856. The minimum Gasteiger partial charge on any atom is -0.456 e. The SMILES string of the molecule is c1ccc2c(c1)oc1ccc3oc4ccc5c(c6ccncc6c6nccn56)c4c3c12. The molecule has 144 valence electrons. The van der Waals surface area contributed by atoms with Gasteiger partial charge in [-0.25, -0.2) is 4.98 Å². The Morgan fingerprint density at radius 2 is 1.39 bits per heavy atom. The zero-order chi connectivity index (χ0) is 20.1. The Labute approximate surface area is 174 Å². The zero-order valence-electron chi connectivity index (χ0n) is 16.2. The van der Waals surface area contributed by atoms with Crippen LogP contribution in [-0.2, 0) is 0 Å². The van der Waals surface area contributed by atoms with Gasteiger partial charge >= 0.3 is 0 Å². The number of pyridine rings is 2. The lowest BCUT2D eigenvalue weighted by Crippen LogP contribution is -1.91. The van der Waals surface area contributed by atoms with Crippen molar-refractivity contribution in [3.63, 3.8) is 0 Å². The van der Waals surface area contributed by atoms with E-state index in [0.717, 1.165) is 71.2 Å². The molecule has 0 unspecified atom stereocenters. The van der Waals surface area contributed by atoms with E-state index in [9.17, 15) is 0 Å². The van der Waals surface area contributed by atoms with Crippen LogP contribution in [0.2, 0.25) is 0 Å². The van der Waals surface area contributed by atoms with Crippen LogP contribution in [0, 0.1) is 0 Å². The van der Waals surface area contributed by atoms with E-state index in [1.807, 2.05) is 55.1 Å². The number of nitrogens with zero attached hydrogens (tertiary/aromatic N) is 3. The van der Waals surface area contributed by atoms with Crippen molar-refractivity contribution >= 4 is 71.2 Å². The van der Waals surface area contributed by atoms with Crippen molar-refractivity contribution in [3.8, 4) is 0 Å². The minimum absolute atomic E-state index is 0.856. The van der Waals surface area contributed by atoms with Gasteiger partial charge in [0.25, 0.3) is 0 Å². The topological polar surface area (TPSA) is 56.5 Å². The highest BCUT2D eigenvalue weighted by molar-refractivity contribution is 6.34. The van der Waals surface area contributed by atoms with Gasteiger partial charge in [0.1, 0.15) is 28.0 Å². The monoisotopic (exact) mass is 399 g/mol. The van der Waals surface area contributed by atoms with Crippen LogP contribution in [0.1, 0.15) is 0 Å². The van der Waals surface area contributed by atoms with Crippen LogP contribution in [-0.4, -0.2) is 14.4 Å². The van der Waals surface area contributed by atoms with E-state index >= 15 is 0 Å². The maximum atomic E-state index is 6.35. The molecule has 0 spiro atoms. The maximum Gasteiger partial charge on any atom is 0.146 e. The first-order valence-corrected chi connectivity index (χ1v) is 10.2. The van der Waals surface area contributed by atoms with Gasteiger partial charge in [-0.3, -0.25) is 9.38 Å². The van der Waals surface area contributed by atoms with Crippen LogP contribution in [0.15, 0.2) is 88.2 Å². The highest BCUT2D eigenvalue weighted by Gasteiger charge is 2.20. The Balaban J connectivity index is 1.78. The summed E-state index contributed by atoms with van der Waals surface area (Å²) in [7, 11) is 0. The molecule has 0 saturated carbocycles. The molecule has 5 heterocycles. The molecule has 0 saturated heterocycles. The van der Waals surface area contributed by atoms with Crippen molar-refractivity contribution in [1.82, 2.24) is 14.4 Å². The second-order valence-electron chi connectivity index (χ2n) is 7.89. The fourth-order valence-electron chi connectivity index (χ4n) is 5.12.